The second kappa shape index (κ2) is 6.38. The van der Waals surface area contributed by atoms with Crippen molar-refractivity contribution in [3.8, 4) is 11.9 Å². The SMILES string of the molecule is COc1cccc(CNc2cc(N(C)C#N)ncn2)c1. The standard InChI is InChI=1S/C14H15N5O/c1-19(9-15)14-7-13(17-10-18-14)16-8-11-4-3-5-12(6-11)20-2/h3-7,10H,8H2,1-2H3,(H,16,17,18). The van der Waals surface area contributed by atoms with Gasteiger partial charge in [-0.15, -0.1) is 0 Å². The minimum atomic E-state index is 0.552. The molecule has 0 aliphatic rings. The van der Waals surface area contributed by atoms with Crippen molar-refractivity contribution >= 4 is 11.6 Å². The summed E-state index contributed by atoms with van der Waals surface area (Å²) in [4.78, 5) is 9.52. The summed E-state index contributed by atoms with van der Waals surface area (Å²) >= 11 is 0. The molecule has 0 radical (unpaired) electrons. The number of nitrogens with one attached hydrogen (secondary N) is 1. The van der Waals surface area contributed by atoms with Crippen LogP contribution in [0.25, 0.3) is 0 Å². The Balaban J connectivity index is 2.05. The minimum Gasteiger partial charge on any atom is -0.497 e. The van der Waals surface area contributed by atoms with Crippen molar-refractivity contribution in [1.29, 1.82) is 5.26 Å². The summed E-state index contributed by atoms with van der Waals surface area (Å²) < 4.78 is 5.18. The largest absolute Gasteiger partial charge is 0.497 e. The van der Waals surface area contributed by atoms with Gasteiger partial charge in [0.2, 0.25) is 0 Å². The number of nitrogens with zero attached hydrogens (tertiary/aromatic N) is 4. The van der Waals surface area contributed by atoms with Crippen molar-refractivity contribution in [2.75, 3.05) is 24.4 Å². The van der Waals surface area contributed by atoms with Gasteiger partial charge in [-0.1, -0.05) is 12.1 Å². The topological polar surface area (TPSA) is 74.1 Å². The van der Waals surface area contributed by atoms with E-state index in [1.165, 1.54) is 11.2 Å². The van der Waals surface area contributed by atoms with E-state index in [0.29, 0.717) is 18.2 Å². The van der Waals surface area contributed by atoms with Crippen LogP contribution in [0.1, 0.15) is 5.56 Å². The van der Waals surface area contributed by atoms with Gasteiger partial charge in [-0.3, -0.25) is 4.90 Å². The van der Waals surface area contributed by atoms with Crippen molar-refractivity contribution in [3.63, 3.8) is 0 Å². The van der Waals surface area contributed by atoms with Crippen molar-refractivity contribution < 1.29 is 4.74 Å². The number of hydrogen-bond donors (Lipinski definition) is 1. The molecule has 0 saturated carbocycles. The van der Waals surface area contributed by atoms with Crippen LogP contribution < -0.4 is 15.0 Å². The van der Waals surface area contributed by atoms with Gasteiger partial charge in [0.15, 0.2) is 6.19 Å². The van der Waals surface area contributed by atoms with Crippen LogP contribution in [0.5, 0.6) is 5.75 Å². The predicted octanol–water partition coefficient (Wildman–Crippen LogP) is 2.01. The summed E-state index contributed by atoms with van der Waals surface area (Å²) in [6.45, 7) is 0.615. The highest BCUT2D eigenvalue weighted by molar-refractivity contribution is 5.50. The summed E-state index contributed by atoms with van der Waals surface area (Å²) in [7, 11) is 3.29. The lowest BCUT2D eigenvalue weighted by Gasteiger charge is -2.10. The Morgan fingerprint density at radius 2 is 2.20 bits per heavy atom. The van der Waals surface area contributed by atoms with Crippen LogP contribution in [-0.2, 0) is 6.54 Å². The Morgan fingerprint density at radius 3 is 2.95 bits per heavy atom. The molecule has 0 amide bonds. The van der Waals surface area contributed by atoms with E-state index in [4.69, 9.17) is 10.00 Å². The third-order valence-corrected chi connectivity index (χ3v) is 2.75. The summed E-state index contributed by atoms with van der Waals surface area (Å²) in [6, 6.07) is 9.51. The van der Waals surface area contributed by atoms with Crippen LogP contribution in [0.4, 0.5) is 11.6 Å². The molecule has 0 saturated heterocycles. The van der Waals surface area contributed by atoms with Gasteiger partial charge in [-0.2, -0.15) is 5.26 Å². The van der Waals surface area contributed by atoms with Crippen molar-refractivity contribution in [2.24, 2.45) is 0 Å². The molecular weight excluding hydrogens is 254 g/mol. The first-order chi connectivity index (χ1) is 9.72. The van der Waals surface area contributed by atoms with E-state index in [-0.39, 0.29) is 0 Å². The average Bonchev–Trinajstić information content (AvgIpc) is 2.52. The molecule has 2 aromatic rings. The maximum Gasteiger partial charge on any atom is 0.185 e. The maximum atomic E-state index is 8.83. The summed E-state index contributed by atoms with van der Waals surface area (Å²) in [5.74, 6) is 2.03. The molecule has 1 aromatic carbocycles. The van der Waals surface area contributed by atoms with Gasteiger partial charge in [0.1, 0.15) is 23.7 Å². The van der Waals surface area contributed by atoms with Gasteiger partial charge in [0, 0.05) is 19.7 Å². The Morgan fingerprint density at radius 1 is 1.35 bits per heavy atom. The number of nitriles is 1. The average molecular weight is 269 g/mol. The summed E-state index contributed by atoms with van der Waals surface area (Å²) in [5.41, 5.74) is 1.08. The van der Waals surface area contributed by atoms with Crippen LogP contribution in [0.15, 0.2) is 36.7 Å². The van der Waals surface area contributed by atoms with Crippen molar-refractivity contribution in [3.05, 3.63) is 42.2 Å². The predicted molar refractivity (Wildman–Crippen MR) is 76.4 cm³/mol. The smallest absolute Gasteiger partial charge is 0.185 e. The van der Waals surface area contributed by atoms with Crippen molar-refractivity contribution in [2.45, 2.75) is 6.54 Å². The van der Waals surface area contributed by atoms with Gasteiger partial charge >= 0.3 is 0 Å². The number of aromatic nitrogens is 2. The van der Waals surface area contributed by atoms with Gasteiger partial charge in [0.05, 0.1) is 7.11 Å². The molecule has 0 unspecified atom stereocenters. The Kier molecular flexibility index (Phi) is 4.35. The molecule has 1 aromatic heterocycles. The lowest BCUT2D eigenvalue weighted by Crippen LogP contribution is -2.11. The number of anilines is 2. The maximum absolute atomic E-state index is 8.83. The molecule has 0 aliphatic heterocycles. The van der Waals surface area contributed by atoms with Crippen molar-refractivity contribution in [1.82, 2.24) is 9.97 Å². The molecule has 6 heteroatoms. The lowest BCUT2D eigenvalue weighted by molar-refractivity contribution is 0.414. The monoisotopic (exact) mass is 269 g/mol. The van der Waals surface area contributed by atoms with E-state index in [2.05, 4.69) is 15.3 Å². The third-order valence-electron chi connectivity index (χ3n) is 2.75. The highest BCUT2D eigenvalue weighted by atomic mass is 16.5. The molecule has 102 valence electrons. The van der Waals surface area contributed by atoms with E-state index in [1.807, 2.05) is 30.5 Å². The molecule has 1 N–H and O–H groups in total. The molecule has 0 aliphatic carbocycles. The van der Waals surface area contributed by atoms with E-state index in [9.17, 15) is 0 Å². The quantitative estimate of drug-likeness (QED) is 0.661. The summed E-state index contributed by atoms with van der Waals surface area (Å²) in [6.07, 6.45) is 3.42. The number of ether oxygens (including phenoxy) is 1. The minimum absolute atomic E-state index is 0.552. The highest BCUT2D eigenvalue weighted by Crippen LogP contribution is 2.15. The van der Waals surface area contributed by atoms with Gasteiger partial charge in [0.25, 0.3) is 0 Å². The van der Waals surface area contributed by atoms with Crippen LogP contribution in [0.3, 0.4) is 0 Å². The number of hydrogen-bond acceptors (Lipinski definition) is 6. The number of rotatable bonds is 5. The summed E-state index contributed by atoms with van der Waals surface area (Å²) in [5, 5.41) is 12.0. The molecule has 0 atom stereocenters. The van der Waals surface area contributed by atoms with Crippen LogP contribution in [0, 0.1) is 11.5 Å². The highest BCUT2D eigenvalue weighted by Gasteiger charge is 2.03. The van der Waals surface area contributed by atoms with Crippen LogP contribution in [-0.4, -0.2) is 24.1 Å². The fraction of sp³-hybridized carbons (Fsp3) is 0.214. The van der Waals surface area contributed by atoms with Gasteiger partial charge in [-0.05, 0) is 17.7 Å². The zero-order valence-electron chi connectivity index (χ0n) is 11.4. The molecule has 1 heterocycles. The van der Waals surface area contributed by atoms with E-state index in [1.54, 1.807) is 20.2 Å². The fourth-order valence-corrected chi connectivity index (χ4v) is 1.65. The zero-order chi connectivity index (χ0) is 14.4. The molecule has 2 rings (SSSR count). The van der Waals surface area contributed by atoms with Gasteiger partial charge in [-0.25, -0.2) is 9.97 Å². The Labute approximate surface area is 117 Å². The Bertz CT molecular complexity index is 623. The lowest BCUT2D eigenvalue weighted by atomic mass is 10.2. The van der Waals surface area contributed by atoms with Crippen LogP contribution in [0.2, 0.25) is 0 Å². The fourth-order valence-electron chi connectivity index (χ4n) is 1.65. The van der Waals surface area contributed by atoms with Crippen LogP contribution >= 0.6 is 0 Å². The second-order valence-corrected chi connectivity index (χ2v) is 4.13. The Hall–Kier alpha value is -2.81. The van der Waals surface area contributed by atoms with Gasteiger partial charge < -0.3 is 10.1 Å². The first-order valence-electron chi connectivity index (χ1n) is 6.05. The number of benzene rings is 1. The van der Waals surface area contributed by atoms with E-state index < -0.39 is 0 Å². The molecule has 0 spiro atoms. The third kappa shape index (κ3) is 3.36. The normalized spacial score (nSPS) is 9.65. The molecule has 0 fully saturated rings. The molecule has 6 nitrogen and oxygen atoms in total. The first-order valence-corrected chi connectivity index (χ1v) is 6.05. The van der Waals surface area contributed by atoms with E-state index >= 15 is 0 Å². The van der Waals surface area contributed by atoms with E-state index in [0.717, 1.165) is 11.3 Å². The number of methoxy groups -OCH3 is 1. The molecule has 0 bridgehead atoms. The second-order valence-electron chi connectivity index (χ2n) is 4.13. The molecule has 20 heavy (non-hydrogen) atoms. The molecular formula is C14H15N5O. The zero-order valence-corrected chi connectivity index (χ0v) is 11.4. The first kappa shape index (κ1) is 13.6.